The first-order valence-corrected chi connectivity index (χ1v) is 23.9. The molecule has 15 nitrogen and oxygen atoms in total. The van der Waals surface area contributed by atoms with Gasteiger partial charge in [0.25, 0.3) is 0 Å². The Morgan fingerprint density at radius 3 is 2.17 bits per heavy atom. The van der Waals surface area contributed by atoms with Crippen LogP contribution in [-0.4, -0.2) is 131 Å². The maximum atomic E-state index is 15.1. The van der Waals surface area contributed by atoms with Gasteiger partial charge in [-0.25, -0.2) is 0 Å². The number of hydrogen-bond acceptors (Lipinski definition) is 15. The Labute approximate surface area is 401 Å². The second-order valence-corrected chi connectivity index (χ2v) is 19.3. The fourth-order valence-electron chi connectivity index (χ4n) is 8.98. The van der Waals surface area contributed by atoms with Crippen LogP contribution in [0.5, 0.6) is 0 Å². The number of aliphatic hydroxyl groups excluding tert-OH is 1. The minimum absolute atomic E-state index is 0.0290. The number of ether oxygens (including phenoxy) is 5. The predicted molar refractivity (Wildman–Crippen MR) is 255 cm³/mol. The number of aliphatic hydroxyl groups is 3. The summed E-state index contributed by atoms with van der Waals surface area (Å²) in [6, 6.07) is 11.1. The second-order valence-electron chi connectivity index (χ2n) is 18.5. The number of esters is 3. The predicted octanol–water partition coefficient (Wildman–Crippen LogP) is 7.04. The van der Waals surface area contributed by atoms with Gasteiger partial charge >= 0.3 is 17.9 Å². The van der Waals surface area contributed by atoms with Gasteiger partial charge in [-0.15, -0.1) is 0 Å². The number of benzene rings is 2. The lowest BCUT2D eigenvalue weighted by atomic mass is 9.72. The van der Waals surface area contributed by atoms with Crippen molar-refractivity contribution in [2.45, 2.75) is 168 Å². The van der Waals surface area contributed by atoms with Gasteiger partial charge in [-0.05, 0) is 111 Å². The molecule has 4 rings (SSSR count). The monoisotopic (exact) mass is 967 g/mol. The zero-order chi connectivity index (χ0) is 49.9. The maximum absolute atomic E-state index is 15.1. The van der Waals surface area contributed by atoms with E-state index >= 15 is 4.79 Å². The van der Waals surface area contributed by atoms with Gasteiger partial charge in [0, 0.05) is 17.6 Å². The van der Waals surface area contributed by atoms with Crippen LogP contribution in [0.4, 0.5) is 11.4 Å². The SMILES string of the molecule is CC.CCOC(=O)C[C@]1(C)C(=O)O[C@H](CC)[C@@](C)(O)[C@H](O)[C@@H](C)NC[C@H](C)C[C@@](C)(O)[C@H](O[C@@H]2O[C@H](C)CC(N(C)C)[C@H]2OC(=O)Cc2ccccc2Nc2c(Cl)cccc2Cl)[C@@H](C)C1=O. The van der Waals surface area contributed by atoms with E-state index in [2.05, 4.69) is 10.6 Å². The number of carbonyl (C=O) groups excluding carboxylic acids is 4. The van der Waals surface area contributed by atoms with Crippen molar-refractivity contribution < 1.29 is 58.2 Å². The summed E-state index contributed by atoms with van der Waals surface area (Å²) >= 11 is 12.9. The Kier molecular flexibility index (Phi) is 21.4. The molecule has 2 saturated heterocycles. The number of halogens is 2. The number of nitrogens with zero attached hydrogens (tertiary/aromatic N) is 1. The van der Waals surface area contributed by atoms with E-state index in [9.17, 15) is 29.7 Å². The van der Waals surface area contributed by atoms with Gasteiger partial charge in [-0.3, -0.25) is 19.2 Å². The van der Waals surface area contributed by atoms with Crippen LogP contribution in [0.3, 0.4) is 0 Å². The highest BCUT2D eigenvalue weighted by atomic mass is 35.5. The van der Waals surface area contributed by atoms with E-state index in [0.717, 1.165) is 0 Å². The first-order valence-electron chi connectivity index (χ1n) is 23.1. The maximum Gasteiger partial charge on any atom is 0.320 e. The van der Waals surface area contributed by atoms with Crippen LogP contribution in [-0.2, 0) is 49.3 Å². The Balaban J connectivity index is 0.00000570. The molecule has 2 aliphatic heterocycles. The lowest BCUT2D eigenvalue weighted by Gasteiger charge is -2.47. The molecular weight excluding hydrogens is 893 g/mol. The number of likely N-dealkylation sites (N-methyl/N-ethyl adjacent to an activating group) is 1. The van der Waals surface area contributed by atoms with Crippen LogP contribution in [0, 0.1) is 17.3 Å². The highest BCUT2D eigenvalue weighted by Gasteiger charge is 2.55. The van der Waals surface area contributed by atoms with Crippen LogP contribution in [0.25, 0.3) is 0 Å². The van der Waals surface area contributed by atoms with E-state index in [4.69, 9.17) is 46.9 Å². The van der Waals surface area contributed by atoms with Gasteiger partial charge < -0.3 is 54.5 Å². The van der Waals surface area contributed by atoms with Crippen molar-refractivity contribution in [1.82, 2.24) is 10.2 Å². The molecule has 66 heavy (non-hydrogen) atoms. The molecule has 0 saturated carbocycles. The minimum atomic E-state index is -2.22. The molecule has 0 spiro atoms. The van der Waals surface area contributed by atoms with E-state index in [-0.39, 0.29) is 38.3 Å². The standard InChI is InChI=1S/C47H69Cl2N3O12.C2H6/c1-12-35-47(9,59)41(56)29(6)50-25-26(3)23-46(8,58)42(28(5)40(55)45(7,44(57)62-35)24-37(54)60-13-2)64-43-39(34(52(10)11)21-27(4)61-43)63-36(53)22-30-17-14-15-20-33(30)51-38-31(48)18-16-19-32(38)49;1-2/h14-20,26-29,34-35,39,41-43,50-51,56,58-59H,12-13,21-25H2,1-11H3;1-2H3/t26-,27-,28+,29-,34?,35-,39-,41-,42-,43+,45+,46-,47-;/m1./s1. The summed E-state index contributed by atoms with van der Waals surface area (Å²) < 4.78 is 30.6. The number of nitrogens with one attached hydrogen (secondary N) is 2. The largest absolute Gasteiger partial charge is 0.466 e. The highest BCUT2D eigenvalue weighted by Crippen LogP contribution is 2.40. The molecule has 0 radical (unpaired) electrons. The van der Waals surface area contributed by atoms with E-state index in [1.807, 2.05) is 46.7 Å². The molecule has 2 aromatic rings. The number of carbonyl (C=O) groups is 4. The average Bonchev–Trinajstić information content (AvgIpc) is 3.25. The van der Waals surface area contributed by atoms with Gasteiger partial charge in [0.15, 0.2) is 18.2 Å². The Morgan fingerprint density at radius 1 is 0.955 bits per heavy atom. The number of para-hydroxylation sites is 2. The van der Waals surface area contributed by atoms with Gasteiger partial charge in [-0.2, -0.15) is 0 Å². The summed E-state index contributed by atoms with van der Waals surface area (Å²) in [6.07, 6.45) is -7.42. The third-order valence-corrected chi connectivity index (χ3v) is 13.2. The van der Waals surface area contributed by atoms with Crippen LogP contribution in [0.2, 0.25) is 10.0 Å². The lowest BCUT2D eigenvalue weighted by Crippen LogP contribution is -2.60. The fourth-order valence-corrected chi connectivity index (χ4v) is 9.47. The smallest absolute Gasteiger partial charge is 0.320 e. The van der Waals surface area contributed by atoms with E-state index in [0.29, 0.717) is 33.4 Å². The molecule has 0 aromatic heterocycles. The lowest BCUT2D eigenvalue weighted by molar-refractivity contribution is -0.296. The number of ketones is 1. The molecule has 2 aromatic carbocycles. The van der Waals surface area contributed by atoms with Gasteiger partial charge in [0.1, 0.15) is 23.2 Å². The Morgan fingerprint density at radius 2 is 1.58 bits per heavy atom. The number of cyclic esters (lactones) is 1. The summed E-state index contributed by atoms with van der Waals surface area (Å²) in [5.41, 5.74) is -4.41. The van der Waals surface area contributed by atoms with Crippen molar-refractivity contribution in [3.8, 4) is 0 Å². The highest BCUT2D eigenvalue weighted by molar-refractivity contribution is 6.39. The summed E-state index contributed by atoms with van der Waals surface area (Å²) in [7, 11) is 3.67. The molecule has 2 heterocycles. The third-order valence-electron chi connectivity index (χ3n) is 12.5. The molecule has 0 aliphatic carbocycles. The van der Waals surface area contributed by atoms with Crippen LogP contribution in [0.15, 0.2) is 42.5 Å². The van der Waals surface area contributed by atoms with Crippen LogP contribution < -0.4 is 10.6 Å². The fraction of sp³-hybridized carbons (Fsp3) is 0.673. The number of Topliss-reactive ketones (excluding diaryl/α,β-unsaturated/α-hetero) is 1. The second kappa shape index (κ2) is 24.8. The Bertz CT molecular complexity index is 1910. The molecule has 2 fully saturated rings. The van der Waals surface area contributed by atoms with E-state index in [1.54, 1.807) is 63.2 Å². The Hall–Kier alpha value is -3.38. The number of rotatable bonds is 12. The molecule has 0 amide bonds. The first-order chi connectivity index (χ1) is 30.9. The van der Waals surface area contributed by atoms with Crippen molar-refractivity contribution in [2.24, 2.45) is 17.3 Å². The quantitative estimate of drug-likeness (QED) is 0.0824. The molecular formula is C49H75Cl2N3O12. The van der Waals surface area contributed by atoms with Gasteiger partial charge in [-0.1, -0.05) is 82.1 Å². The van der Waals surface area contributed by atoms with E-state index in [1.165, 1.54) is 27.7 Å². The zero-order valence-electron chi connectivity index (χ0n) is 41.0. The number of anilines is 2. The van der Waals surface area contributed by atoms with E-state index < -0.39 is 102 Å². The van der Waals surface area contributed by atoms with Gasteiger partial charge in [0.2, 0.25) is 0 Å². The summed E-state index contributed by atoms with van der Waals surface area (Å²) in [4.78, 5) is 58.6. The molecule has 372 valence electrons. The summed E-state index contributed by atoms with van der Waals surface area (Å²) in [5, 5.41) is 42.8. The third kappa shape index (κ3) is 14.1. The van der Waals surface area contributed by atoms with Crippen molar-refractivity contribution in [2.75, 3.05) is 32.6 Å². The molecule has 5 N–H and O–H groups in total. The van der Waals surface area contributed by atoms with Crippen molar-refractivity contribution in [3.05, 3.63) is 58.1 Å². The van der Waals surface area contributed by atoms with Crippen molar-refractivity contribution in [3.63, 3.8) is 0 Å². The first kappa shape index (κ1) is 56.9. The molecule has 1 unspecified atom stereocenters. The topological polar surface area (TPSA) is 202 Å². The zero-order valence-corrected chi connectivity index (χ0v) is 42.5. The summed E-state index contributed by atoms with van der Waals surface area (Å²) in [5.74, 6) is -5.07. The average molecular weight is 969 g/mol. The summed E-state index contributed by atoms with van der Waals surface area (Å²) in [6.45, 7) is 18.5. The molecule has 0 bridgehead atoms. The molecule has 17 heteroatoms. The van der Waals surface area contributed by atoms with Crippen LogP contribution >= 0.6 is 23.2 Å². The minimum Gasteiger partial charge on any atom is -0.466 e. The van der Waals surface area contributed by atoms with Crippen LogP contribution in [0.1, 0.15) is 107 Å². The normalized spacial score (nSPS) is 33.6. The van der Waals surface area contributed by atoms with Crippen molar-refractivity contribution >= 4 is 58.3 Å². The molecule has 2 aliphatic rings. The van der Waals surface area contributed by atoms with Gasteiger partial charge in [0.05, 0.1) is 59.0 Å². The van der Waals surface area contributed by atoms with Crippen molar-refractivity contribution in [1.29, 1.82) is 0 Å². The number of hydrogen-bond donors (Lipinski definition) is 5. The molecule has 13 atom stereocenters.